The second-order valence-corrected chi connectivity index (χ2v) is 7.09. The van der Waals surface area contributed by atoms with E-state index in [2.05, 4.69) is 41.3 Å². The average Bonchev–Trinajstić information content (AvgIpc) is 2.95. The van der Waals surface area contributed by atoms with Gasteiger partial charge in [0.05, 0.1) is 18.8 Å². The van der Waals surface area contributed by atoms with Crippen LogP contribution in [-0.4, -0.2) is 75.0 Å². The first-order valence-corrected chi connectivity index (χ1v) is 8.36. The van der Waals surface area contributed by atoms with Crippen LogP contribution in [0.3, 0.4) is 0 Å². The zero-order chi connectivity index (χ0) is 16.1. The van der Waals surface area contributed by atoms with Crippen molar-refractivity contribution in [1.29, 1.82) is 0 Å². The molecular weight excluding hydrogens is 280 g/mol. The fourth-order valence-electron chi connectivity index (χ4n) is 3.05. The van der Waals surface area contributed by atoms with Crippen molar-refractivity contribution in [3.63, 3.8) is 0 Å². The Morgan fingerprint density at radius 3 is 2.55 bits per heavy atom. The molecule has 2 aliphatic rings. The van der Waals surface area contributed by atoms with Gasteiger partial charge in [-0.1, -0.05) is 0 Å². The number of nitrogens with one attached hydrogen (secondary N) is 2. The van der Waals surface area contributed by atoms with Crippen LogP contribution in [-0.2, 0) is 9.47 Å². The molecule has 0 aliphatic carbocycles. The SMILES string of the molecule is CN=C(NCC1(C)CCCO1)NCC(C)(C)N1CCOCC1. The molecule has 2 aliphatic heterocycles. The molecule has 0 amide bonds. The van der Waals surface area contributed by atoms with Crippen LogP contribution in [0, 0.1) is 0 Å². The fourth-order valence-corrected chi connectivity index (χ4v) is 3.05. The molecule has 6 heteroatoms. The number of morpholine rings is 1. The third kappa shape index (κ3) is 4.83. The van der Waals surface area contributed by atoms with E-state index in [0.717, 1.165) is 64.8 Å². The van der Waals surface area contributed by atoms with Gasteiger partial charge in [0.25, 0.3) is 0 Å². The van der Waals surface area contributed by atoms with E-state index in [-0.39, 0.29) is 11.1 Å². The molecule has 1 unspecified atom stereocenters. The van der Waals surface area contributed by atoms with E-state index in [1.165, 1.54) is 0 Å². The van der Waals surface area contributed by atoms with Crippen LogP contribution < -0.4 is 10.6 Å². The van der Waals surface area contributed by atoms with E-state index in [0.29, 0.717) is 0 Å². The van der Waals surface area contributed by atoms with Crippen LogP contribution in [0.15, 0.2) is 4.99 Å². The van der Waals surface area contributed by atoms with E-state index in [4.69, 9.17) is 9.47 Å². The molecule has 2 N–H and O–H groups in total. The zero-order valence-corrected chi connectivity index (χ0v) is 14.6. The number of nitrogens with zero attached hydrogens (tertiary/aromatic N) is 2. The summed E-state index contributed by atoms with van der Waals surface area (Å²) in [5.74, 6) is 0.845. The molecule has 1 atom stereocenters. The smallest absolute Gasteiger partial charge is 0.191 e. The third-order valence-electron chi connectivity index (χ3n) is 4.71. The fraction of sp³-hybridized carbons (Fsp3) is 0.938. The van der Waals surface area contributed by atoms with Crippen LogP contribution in [0.25, 0.3) is 0 Å². The summed E-state index contributed by atoms with van der Waals surface area (Å²) < 4.78 is 11.2. The highest BCUT2D eigenvalue weighted by molar-refractivity contribution is 5.79. The van der Waals surface area contributed by atoms with E-state index >= 15 is 0 Å². The zero-order valence-electron chi connectivity index (χ0n) is 14.6. The van der Waals surface area contributed by atoms with Gasteiger partial charge in [-0.05, 0) is 33.6 Å². The minimum atomic E-state index is -0.0582. The van der Waals surface area contributed by atoms with Crippen LogP contribution in [0.4, 0.5) is 0 Å². The van der Waals surface area contributed by atoms with Crippen LogP contribution in [0.5, 0.6) is 0 Å². The maximum atomic E-state index is 5.81. The number of guanidine groups is 1. The standard InChI is InChI=1S/C16H32N4O2/c1-15(2,20-7-10-21-11-8-20)12-18-14(17-4)19-13-16(3)6-5-9-22-16/h5-13H2,1-4H3,(H2,17,18,19). The van der Waals surface area contributed by atoms with Gasteiger partial charge in [0.2, 0.25) is 0 Å². The largest absolute Gasteiger partial charge is 0.379 e. The maximum absolute atomic E-state index is 5.81. The lowest BCUT2D eigenvalue weighted by Gasteiger charge is -2.41. The van der Waals surface area contributed by atoms with E-state index in [9.17, 15) is 0 Å². The first-order valence-electron chi connectivity index (χ1n) is 8.36. The van der Waals surface area contributed by atoms with Crippen LogP contribution in [0.2, 0.25) is 0 Å². The highest BCUT2D eigenvalue weighted by Crippen LogP contribution is 2.23. The third-order valence-corrected chi connectivity index (χ3v) is 4.71. The molecular formula is C16H32N4O2. The molecule has 0 aromatic rings. The summed E-state index contributed by atoms with van der Waals surface area (Å²) in [5, 5.41) is 6.85. The average molecular weight is 312 g/mol. The van der Waals surface area contributed by atoms with Gasteiger partial charge in [-0.15, -0.1) is 0 Å². The van der Waals surface area contributed by atoms with Gasteiger partial charge in [-0.25, -0.2) is 0 Å². The molecule has 2 heterocycles. The van der Waals surface area contributed by atoms with Crippen molar-refractivity contribution < 1.29 is 9.47 Å². The predicted octanol–water partition coefficient (Wildman–Crippen LogP) is 0.831. The van der Waals surface area contributed by atoms with Gasteiger partial charge in [0.15, 0.2) is 5.96 Å². The highest BCUT2D eigenvalue weighted by Gasteiger charge is 2.31. The number of ether oxygens (including phenoxy) is 2. The number of rotatable bonds is 5. The lowest BCUT2D eigenvalue weighted by atomic mass is 10.0. The van der Waals surface area contributed by atoms with Crippen molar-refractivity contribution in [2.45, 2.75) is 44.8 Å². The summed E-state index contributed by atoms with van der Waals surface area (Å²) in [7, 11) is 1.81. The van der Waals surface area contributed by atoms with E-state index in [1.54, 1.807) is 0 Å². The van der Waals surface area contributed by atoms with Crippen molar-refractivity contribution in [1.82, 2.24) is 15.5 Å². The normalized spacial score (nSPS) is 27.9. The second kappa shape index (κ2) is 7.62. The summed E-state index contributed by atoms with van der Waals surface area (Å²) in [4.78, 5) is 6.79. The molecule has 2 saturated heterocycles. The molecule has 0 aromatic heterocycles. The van der Waals surface area contributed by atoms with Gasteiger partial charge in [0.1, 0.15) is 0 Å². The molecule has 0 saturated carbocycles. The Labute approximate surface area is 134 Å². The van der Waals surface area contributed by atoms with E-state index < -0.39 is 0 Å². The molecule has 0 bridgehead atoms. The van der Waals surface area contributed by atoms with Gasteiger partial charge < -0.3 is 20.1 Å². The van der Waals surface area contributed by atoms with Gasteiger partial charge in [0, 0.05) is 45.4 Å². The van der Waals surface area contributed by atoms with Crippen molar-refractivity contribution in [2.24, 2.45) is 4.99 Å². The van der Waals surface area contributed by atoms with Crippen molar-refractivity contribution >= 4 is 5.96 Å². The van der Waals surface area contributed by atoms with Crippen LogP contribution >= 0.6 is 0 Å². The minimum absolute atomic E-state index is 0.0582. The Morgan fingerprint density at radius 2 is 1.95 bits per heavy atom. The lowest BCUT2D eigenvalue weighted by Crippen LogP contribution is -2.57. The van der Waals surface area contributed by atoms with Crippen molar-refractivity contribution in [3.8, 4) is 0 Å². The topological polar surface area (TPSA) is 58.1 Å². The van der Waals surface area contributed by atoms with Gasteiger partial charge in [-0.2, -0.15) is 0 Å². The number of hydrogen-bond donors (Lipinski definition) is 2. The Kier molecular flexibility index (Phi) is 6.06. The predicted molar refractivity (Wildman–Crippen MR) is 89.4 cm³/mol. The summed E-state index contributed by atoms with van der Waals surface area (Å²) in [6, 6.07) is 0. The molecule has 2 rings (SSSR count). The second-order valence-electron chi connectivity index (χ2n) is 7.09. The number of aliphatic imine (C=N–C) groups is 1. The van der Waals surface area contributed by atoms with Gasteiger partial charge in [-0.3, -0.25) is 9.89 Å². The lowest BCUT2D eigenvalue weighted by molar-refractivity contribution is -0.00842. The molecule has 2 fully saturated rings. The Hall–Kier alpha value is -0.850. The molecule has 22 heavy (non-hydrogen) atoms. The van der Waals surface area contributed by atoms with Crippen molar-refractivity contribution in [2.75, 3.05) is 53.0 Å². The van der Waals surface area contributed by atoms with Crippen molar-refractivity contribution in [3.05, 3.63) is 0 Å². The molecule has 0 spiro atoms. The molecule has 6 nitrogen and oxygen atoms in total. The first-order chi connectivity index (χ1) is 10.5. The first kappa shape index (κ1) is 17.5. The molecule has 128 valence electrons. The highest BCUT2D eigenvalue weighted by atomic mass is 16.5. The summed E-state index contributed by atoms with van der Waals surface area (Å²) in [6.45, 7) is 12.8. The Balaban J connectivity index is 1.77. The number of hydrogen-bond acceptors (Lipinski definition) is 4. The Morgan fingerprint density at radius 1 is 1.23 bits per heavy atom. The summed E-state index contributed by atoms with van der Waals surface area (Å²) in [6.07, 6.45) is 2.25. The van der Waals surface area contributed by atoms with E-state index in [1.807, 2.05) is 7.05 Å². The maximum Gasteiger partial charge on any atom is 0.191 e. The van der Waals surface area contributed by atoms with Crippen LogP contribution in [0.1, 0.15) is 33.6 Å². The quantitative estimate of drug-likeness (QED) is 0.582. The Bertz CT molecular complexity index is 372. The minimum Gasteiger partial charge on any atom is -0.379 e. The molecule has 0 aromatic carbocycles. The molecule has 0 radical (unpaired) electrons. The summed E-state index contributed by atoms with van der Waals surface area (Å²) >= 11 is 0. The monoisotopic (exact) mass is 312 g/mol. The summed E-state index contributed by atoms with van der Waals surface area (Å²) in [5.41, 5.74) is 0.0203. The van der Waals surface area contributed by atoms with Gasteiger partial charge >= 0.3 is 0 Å².